The summed E-state index contributed by atoms with van der Waals surface area (Å²) in [6, 6.07) is 14.7. The van der Waals surface area contributed by atoms with Gasteiger partial charge >= 0.3 is 0 Å². The molecule has 0 aromatic heterocycles. The van der Waals surface area contributed by atoms with Crippen molar-refractivity contribution in [1.82, 2.24) is 5.32 Å². The van der Waals surface area contributed by atoms with E-state index < -0.39 is 5.82 Å². The molecule has 138 valence electrons. The molecular weight excluding hydrogens is 327 g/mol. The minimum Gasteiger partial charge on any atom is -0.377 e. The highest BCUT2D eigenvalue weighted by atomic mass is 19.1. The highest BCUT2D eigenvalue weighted by molar-refractivity contribution is 5.94. The van der Waals surface area contributed by atoms with Crippen molar-refractivity contribution >= 4 is 11.6 Å². The smallest absolute Gasteiger partial charge is 0.254 e. The van der Waals surface area contributed by atoms with E-state index in [-0.39, 0.29) is 17.5 Å². The van der Waals surface area contributed by atoms with Crippen molar-refractivity contribution in [3.05, 3.63) is 65.5 Å². The van der Waals surface area contributed by atoms with Crippen LogP contribution in [0.5, 0.6) is 0 Å². The van der Waals surface area contributed by atoms with Gasteiger partial charge in [0, 0.05) is 25.8 Å². The molecule has 1 aliphatic carbocycles. The second kappa shape index (κ2) is 8.35. The van der Waals surface area contributed by atoms with Crippen LogP contribution >= 0.6 is 0 Å². The number of nitrogens with zero attached hydrogens (tertiary/aromatic N) is 1. The predicted molar refractivity (Wildman–Crippen MR) is 104 cm³/mol. The summed E-state index contributed by atoms with van der Waals surface area (Å²) in [5.41, 5.74) is 2.65. The van der Waals surface area contributed by atoms with Gasteiger partial charge in [0.05, 0.1) is 5.56 Å². The van der Waals surface area contributed by atoms with Gasteiger partial charge in [0.1, 0.15) is 5.82 Å². The zero-order valence-electron chi connectivity index (χ0n) is 15.5. The molecule has 2 aromatic rings. The molecule has 0 radical (unpaired) electrons. The number of para-hydroxylation sites is 1. The number of hydrogen-bond donors (Lipinski definition) is 1. The average molecular weight is 354 g/mol. The Hall–Kier alpha value is -2.36. The first kappa shape index (κ1) is 18.4. The van der Waals surface area contributed by atoms with Crippen LogP contribution in [-0.2, 0) is 6.42 Å². The second-order valence-corrected chi connectivity index (χ2v) is 7.33. The Kier molecular flexibility index (Phi) is 5.92. The number of nitrogens with one attached hydrogen (secondary N) is 1. The highest BCUT2D eigenvalue weighted by Gasteiger charge is 2.28. The van der Waals surface area contributed by atoms with Crippen LogP contribution in [0.15, 0.2) is 48.5 Å². The number of rotatable bonds is 5. The number of amides is 1. The average Bonchev–Trinajstić information content (AvgIpc) is 2.64. The molecule has 0 spiro atoms. The molecule has 4 heteroatoms. The van der Waals surface area contributed by atoms with Gasteiger partial charge in [0.25, 0.3) is 5.91 Å². The molecule has 1 saturated carbocycles. The number of carbonyl (C=O) groups is 1. The van der Waals surface area contributed by atoms with Crippen LogP contribution in [0.25, 0.3) is 0 Å². The van der Waals surface area contributed by atoms with E-state index in [1.807, 2.05) is 0 Å². The molecule has 3 nitrogen and oxygen atoms in total. The van der Waals surface area contributed by atoms with Crippen LogP contribution in [0.3, 0.4) is 0 Å². The van der Waals surface area contributed by atoms with Crippen molar-refractivity contribution < 1.29 is 9.18 Å². The molecule has 3 rings (SSSR count). The predicted octanol–water partition coefficient (Wildman–Crippen LogP) is 4.42. The molecule has 2 atom stereocenters. The molecule has 0 aliphatic heterocycles. The maximum absolute atomic E-state index is 13.9. The van der Waals surface area contributed by atoms with E-state index in [1.165, 1.54) is 23.7 Å². The Morgan fingerprint density at radius 3 is 2.54 bits per heavy atom. The van der Waals surface area contributed by atoms with Gasteiger partial charge < -0.3 is 10.2 Å². The summed E-state index contributed by atoms with van der Waals surface area (Å²) in [6.45, 7) is 0. The van der Waals surface area contributed by atoms with Gasteiger partial charge in [-0.15, -0.1) is 0 Å². The summed E-state index contributed by atoms with van der Waals surface area (Å²) in [5, 5.41) is 3.10. The fraction of sp³-hybridized carbons (Fsp3) is 0.409. The molecule has 1 aliphatic rings. The van der Waals surface area contributed by atoms with E-state index in [1.54, 1.807) is 18.2 Å². The largest absolute Gasteiger partial charge is 0.377 e. The van der Waals surface area contributed by atoms with Crippen LogP contribution in [-0.4, -0.2) is 26.0 Å². The van der Waals surface area contributed by atoms with E-state index >= 15 is 0 Å². The van der Waals surface area contributed by atoms with E-state index in [2.05, 4.69) is 48.6 Å². The minimum absolute atomic E-state index is 0.0890. The Bertz CT molecular complexity index is 759. The van der Waals surface area contributed by atoms with Gasteiger partial charge in [-0.25, -0.2) is 4.39 Å². The lowest BCUT2D eigenvalue weighted by molar-refractivity contribution is 0.0901. The van der Waals surface area contributed by atoms with Gasteiger partial charge in [0.15, 0.2) is 0 Å². The van der Waals surface area contributed by atoms with Gasteiger partial charge in [0.2, 0.25) is 0 Å². The summed E-state index contributed by atoms with van der Waals surface area (Å²) >= 11 is 0. The zero-order valence-corrected chi connectivity index (χ0v) is 15.5. The maximum atomic E-state index is 13.9. The molecule has 2 aromatic carbocycles. The lowest BCUT2D eigenvalue weighted by atomic mass is 9.80. The number of anilines is 1. The Labute approximate surface area is 155 Å². The number of carbonyl (C=O) groups excluding carboxylic acids is 1. The van der Waals surface area contributed by atoms with Crippen molar-refractivity contribution in [3.8, 4) is 0 Å². The quantitative estimate of drug-likeness (QED) is 0.862. The lowest BCUT2D eigenvalue weighted by Gasteiger charge is -2.33. The SMILES string of the molecule is CN(C)c1ccccc1CC1CCCCC1NC(=O)c1ccccc1F. The summed E-state index contributed by atoms with van der Waals surface area (Å²) in [6.07, 6.45) is 5.25. The highest BCUT2D eigenvalue weighted by Crippen LogP contribution is 2.31. The molecular formula is C22H27FN2O. The summed E-state index contributed by atoms with van der Waals surface area (Å²) in [4.78, 5) is 14.7. The zero-order chi connectivity index (χ0) is 18.5. The lowest BCUT2D eigenvalue weighted by Crippen LogP contribution is -2.43. The van der Waals surface area contributed by atoms with Crippen molar-refractivity contribution in [3.63, 3.8) is 0 Å². The molecule has 0 bridgehead atoms. The second-order valence-electron chi connectivity index (χ2n) is 7.33. The normalized spacial score (nSPS) is 19.8. The van der Waals surface area contributed by atoms with E-state index in [4.69, 9.17) is 0 Å². The Morgan fingerprint density at radius 1 is 1.08 bits per heavy atom. The van der Waals surface area contributed by atoms with Crippen LogP contribution in [0.1, 0.15) is 41.6 Å². The third-order valence-corrected chi connectivity index (χ3v) is 5.30. The molecule has 1 amide bonds. The molecule has 1 N–H and O–H groups in total. The fourth-order valence-electron chi connectivity index (χ4n) is 3.94. The molecule has 2 unspecified atom stereocenters. The van der Waals surface area contributed by atoms with Crippen LogP contribution in [0, 0.1) is 11.7 Å². The molecule has 26 heavy (non-hydrogen) atoms. The standard InChI is InChI=1S/C22H27FN2O/c1-25(2)21-14-8-4-10-17(21)15-16-9-3-7-13-20(16)24-22(26)18-11-5-6-12-19(18)23/h4-6,8,10-12,14,16,20H,3,7,9,13,15H2,1-2H3,(H,24,26). The number of benzene rings is 2. The molecule has 0 heterocycles. The van der Waals surface area contributed by atoms with E-state index in [0.29, 0.717) is 5.92 Å². The first-order valence-electron chi connectivity index (χ1n) is 9.37. The van der Waals surface area contributed by atoms with Gasteiger partial charge in [-0.2, -0.15) is 0 Å². The third-order valence-electron chi connectivity index (χ3n) is 5.30. The first-order chi connectivity index (χ1) is 12.6. The van der Waals surface area contributed by atoms with Crippen LogP contribution in [0.4, 0.5) is 10.1 Å². The van der Waals surface area contributed by atoms with Gasteiger partial charge in [-0.05, 0) is 48.9 Å². The first-order valence-corrected chi connectivity index (χ1v) is 9.37. The Morgan fingerprint density at radius 2 is 1.77 bits per heavy atom. The summed E-state index contributed by atoms with van der Waals surface area (Å²) in [5.74, 6) is -0.392. The van der Waals surface area contributed by atoms with Crippen LogP contribution in [0.2, 0.25) is 0 Å². The monoisotopic (exact) mass is 354 g/mol. The molecule has 1 fully saturated rings. The van der Waals surface area contributed by atoms with Crippen molar-refractivity contribution in [2.24, 2.45) is 5.92 Å². The Balaban J connectivity index is 1.74. The topological polar surface area (TPSA) is 32.3 Å². The van der Waals surface area contributed by atoms with E-state index in [0.717, 1.165) is 25.7 Å². The van der Waals surface area contributed by atoms with Gasteiger partial charge in [-0.3, -0.25) is 4.79 Å². The summed E-state index contributed by atoms with van der Waals surface area (Å²) in [7, 11) is 4.11. The van der Waals surface area contributed by atoms with Crippen molar-refractivity contribution in [1.29, 1.82) is 0 Å². The van der Waals surface area contributed by atoms with Crippen LogP contribution < -0.4 is 10.2 Å². The fourth-order valence-corrected chi connectivity index (χ4v) is 3.94. The molecule has 0 saturated heterocycles. The summed E-state index contributed by atoms with van der Waals surface area (Å²) < 4.78 is 13.9. The third kappa shape index (κ3) is 4.24. The number of halogens is 1. The van der Waals surface area contributed by atoms with Crippen molar-refractivity contribution in [2.75, 3.05) is 19.0 Å². The maximum Gasteiger partial charge on any atom is 0.254 e. The van der Waals surface area contributed by atoms with Crippen molar-refractivity contribution in [2.45, 2.75) is 38.1 Å². The van der Waals surface area contributed by atoms with E-state index in [9.17, 15) is 9.18 Å². The van der Waals surface area contributed by atoms with Gasteiger partial charge in [-0.1, -0.05) is 43.2 Å². The number of hydrogen-bond acceptors (Lipinski definition) is 2. The minimum atomic E-state index is -0.463.